The lowest BCUT2D eigenvalue weighted by atomic mass is 10.0. The summed E-state index contributed by atoms with van der Waals surface area (Å²) in [5.74, 6) is 0.256. The second kappa shape index (κ2) is 8.75. The third-order valence-corrected chi connectivity index (χ3v) is 4.40. The Balaban J connectivity index is 1.57. The Morgan fingerprint density at radius 2 is 1.74 bits per heavy atom. The summed E-state index contributed by atoms with van der Waals surface area (Å²) in [6.07, 6.45) is 0. The predicted molar refractivity (Wildman–Crippen MR) is 105 cm³/mol. The predicted octanol–water partition coefficient (Wildman–Crippen LogP) is 4.14. The number of carbonyl (C=O) groups excluding carboxylic acids is 2. The molecule has 27 heavy (non-hydrogen) atoms. The fourth-order valence-electron chi connectivity index (χ4n) is 2.21. The average molecular weight is 447 g/mol. The summed E-state index contributed by atoms with van der Waals surface area (Å²) < 4.78 is 6.15. The van der Waals surface area contributed by atoms with E-state index < -0.39 is 0 Å². The maximum Gasteiger partial charge on any atom is 0.263 e. The van der Waals surface area contributed by atoms with Crippen molar-refractivity contribution in [1.29, 1.82) is 0 Å². The standard InChI is InChI=1S/C19H13BrClN3O3/c20-15-4-2-1-3-14(15)19(26)12-5-7-13(8-6-12)27-11-18(25)22-17-10-9-16(21)23-24-17/h1-10H,11H2,(H,22,24,25). The van der Waals surface area contributed by atoms with Crippen LogP contribution >= 0.6 is 27.5 Å². The van der Waals surface area contributed by atoms with E-state index in [0.717, 1.165) is 4.47 Å². The summed E-state index contributed by atoms with van der Waals surface area (Å²) in [7, 11) is 0. The van der Waals surface area contributed by atoms with Gasteiger partial charge in [0, 0.05) is 15.6 Å². The fourth-order valence-corrected chi connectivity index (χ4v) is 2.78. The monoisotopic (exact) mass is 445 g/mol. The molecule has 0 atom stereocenters. The molecule has 2 aromatic carbocycles. The highest BCUT2D eigenvalue weighted by Gasteiger charge is 2.12. The van der Waals surface area contributed by atoms with E-state index in [4.69, 9.17) is 16.3 Å². The molecule has 0 radical (unpaired) electrons. The van der Waals surface area contributed by atoms with Crippen LogP contribution in [-0.4, -0.2) is 28.5 Å². The van der Waals surface area contributed by atoms with Gasteiger partial charge in [-0.15, -0.1) is 10.2 Å². The van der Waals surface area contributed by atoms with Crippen molar-refractivity contribution in [2.75, 3.05) is 11.9 Å². The molecule has 3 aromatic rings. The van der Waals surface area contributed by atoms with Crippen molar-refractivity contribution in [3.63, 3.8) is 0 Å². The molecule has 0 spiro atoms. The Morgan fingerprint density at radius 3 is 2.41 bits per heavy atom. The van der Waals surface area contributed by atoms with Crippen molar-refractivity contribution in [3.8, 4) is 5.75 Å². The van der Waals surface area contributed by atoms with Gasteiger partial charge in [-0.05, 0) is 48.5 Å². The molecule has 1 heterocycles. The number of anilines is 1. The van der Waals surface area contributed by atoms with Gasteiger partial charge >= 0.3 is 0 Å². The van der Waals surface area contributed by atoms with Gasteiger partial charge in [-0.25, -0.2) is 0 Å². The number of rotatable bonds is 6. The molecule has 1 N–H and O–H groups in total. The average Bonchev–Trinajstić information content (AvgIpc) is 2.68. The number of amides is 1. The SMILES string of the molecule is O=C(COc1ccc(C(=O)c2ccccc2Br)cc1)Nc1ccc(Cl)nn1. The molecule has 0 fully saturated rings. The quantitative estimate of drug-likeness (QED) is 0.576. The Labute approximate surface area is 168 Å². The van der Waals surface area contributed by atoms with E-state index in [1.807, 2.05) is 12.1 Å². The second-order valence-corrected chi connectivity index (χ2v) is 6.65. The Kier molecular flexibility index (Phi) is 6.16. The first-order chi connectivity index (χ1) is 13.0. The van der Waals surface area contributed by atoms with Crippen LogP contribution in [0.25, 0.3) is 0 Å². The summed E-state index contributed by atoms with van der Waals surface area (Å²) in [6, 6.07) is 16.9. The number of hydrogen-bond donors (Lipinski definition) is 1. The van der Waals surface area contributed by atoms with E-state index in [1.165, 1.54) is 12.1 Å². The lowest BCUT2D eigenvalue weighted by molar-refractivity contribution is -0.118. The highest BCUT2D eigenvalue weighted by atomic mass is 79.9. The van der Waals surface area contributed by atoms with Crippen LogP contribution < -0.4 is 10.1 Å². The number of ketones is 1. The summed E-state index contributed by atoms with van der Waals surface area (Å²) in [5, 5.41) is 10.1. The van der Waals surface area contributed by atoms with Gasteiger partial charge in [0.1, 0.15) is 5.75 Å². The second-order valence-electron chi connectivity index (χ2n) is 5.41. The molecular weight excluding hydrogens is 434 g/mol. The van der Waals surface area contributed by atoms with E-state index >= 15 is 0 Å². The molecule has 0 aliphatic heterocycles. The van der Waals surface area contributed by atoms with Crippen LogP contribution in [0.2, 0.25) is 5.15 Å². The largest absolute Gasteiger partial charge is 0.484 e. The number of hydrogen-bond acceptors (Lipinski definition) is 5. The first-order valence-corrected chi connectivity index (χ1v) is 9.01. The number of nitrogens with zero attached hydrogens (tertiary/aromatic N) is 2. The van der Waals surface area contributed by atoms with Crippen molar-refractivity contribution >= 4 is 45.0 Å². The van der Waals surface area contributed by atoms with Crippen molar-refractivity contribution in [2.45, 2.75) is 0 Å². The smallest absolute Gasteiger partial charge is 0.263 e. The molecule has 0 aliphatic carbocycles. The van der Waals surface area contributed by atoms with E-state index in [1.54, 1.807) is 36.4 Å². The van der Waals surface area contributed by atoms with Crippen molar-refractivity contribution in [2.24, 2.45) is 0 Å². The van der Waals surface area contributed by atoms with Gasteiger partial charge < -0.3 is 10.1 Å². The topological polar surface area (TPSA) is 81.2 Å². The van der Waals surface area contributed by atoms with Crippen molar-refractivity contribution < 1.29 is 14.3 Å². The highest BCUT2D eigenvalue weighted by molar-refractivity contribution is 9.10. The first kappa shape index (κ1) is 19.0. The van der Waals surface area contributed by atoms with Crippen LogP contribution in [0.15, 0.2) is 65.1 Å². The molecule has 0 saturated heterocycles. The minimum atomic E-state index is -0.389. The fraction of sp³-hybridized carbons (Fsp3) is 0.0526. The number of ether oxygens (including phenoxy) is 1. The number of aromatic nitrogens is 2. The van der Waals surface area contributed by atoms with E-state index in [0.29, 0.717) is 16.9 Å². The minimum Gasteiger partial charge on any atom is -0.484 e. The van der Waals surface area contributed by atoms with Gasteiger partial charge in [0.05, 0.1) is 0 Å². The molecule has 0 saturated carbocycles. The van der Waals surface area contributed by atoms with Crippen molar-refractivity contribution in [3.05, 3.63) is 81.4 Å². The molecule has 6 nitrogen and oxygen atoms in total. The molecule has 136 valence electrons. The lowest BCUT2D eigenvalue weighted by Crippen LogP contribution is -2.21. The zero-order valence-corrected chi connectivity index (χ0v) is 16.2. The van der Waals surface area contributed by atoms with E-state index in [-0.39, 0.29) is 29.3 Å². The molecule has 0 aliphatic rings. The summed E-state index contributed by atoms with van der Waals surface area (Å²) in [6.45, 7) is -0.207. The summed E-state index contributed by atoms with van der Waals surface area (Å²) in [4.78, 5) is 24.4. The number of carbonyl (C=O) groups is 2. The third-order valence-electron chi connectivity index (χ3n) is 3.50. The maximum absolute atomic E-state index is 12.5. The third kappa shape index (κ3) is 5.12. The van der Waals surface area contributed by atoms with Crippen LogP contribution in [0.4, 0.5) is 5.82 Å². The van der Waals surface area contributed by atoms with Crippen LogP contribution in [0, 0.1) is 0 Å². The number of halogens is 2. The number of benzene rings is 2. The normalized spacial score (nSPS) is 10.3. The van der Waals surface area contributed by atoms with Crippen LogP contribution in [0.1, 0.15) is 15.9 Å². The molecule has 1 amide bonds. The lowest BCUT2D eigenvalue weighted by Gasteiger charge is -2.08. The first-order valence-electron chi connectivity index (χ1n) is 7.84. The summed E-state index contributed by atoms with van der Waals surface area (Å²) >= 11 is 9.01. The Bertz CT molecular complexity index is 963. The van der Waals surface area contributed by atoms with Crippen LogP contribution in [0.3, 0.4) is 0 Å². The minimum absolute atomic E-state index is 0.104. The Morgan fingerprint density at radius 1 is 1.00 bits per heavy atom. The molecule has 3 rings (SSSR count). The van der Waals surface area contributed by atoms with Gasteiger partial charge in [0.2, 0.25) is 0 Å². The van der Waals surface area contributed by atoms with Crippen LogP contribution in [-0.2, 0) is 4.79 Å². The Hall–Kier alpha value is -2.77. The maximum atomic E-state index is 12.5. The molecule has 0 unspecified atom stereocenters. The van der Waals surface area contributed by atoms with Gasteiger partial charge in [-0.1, -0.05) is 39.7 Å². The molecular formula is C19H13BrClN3O3. The highest BCUT2D eigenvalue weighted by Crippen LogP contribution is 2.21. The van der Waals surface area contributed by atoms with E-state index in [2.05, 4.69) is 31.4 Å². The van der Waals surface area contributed by atoms with Gasteiger partial charge in [-0.2, -0.15) is 0 Å². The zero-order valence-electron chi connectivity index (χ0n) is 13.9. The van der Waals surface area contributed by atoms with Crippen LogP contribution in [0.5, 0.6) is 5.75 Å². The number of nitrogens with one attached hydrogen (secondary N) is 1. The zero-order chi connectivity index (χ0) is 19.2. The van der Waals surface area contributed by atoms with Gasteiger partial charge in [0.15, 0.2) is 23.4 Å². The van der Waals surface area contributed by atoms with Gasteiger partial charge in [-0.3, -0.25) is 9.59 Å². The van der Waals surface area contributed by atoms with E-state index in [9.17, 15) is 9.59 Å². The molecule has 1 aromatic heterocycles. The molecule has 8 heteroatoms. The molecule has 0 bridgehead atoms. The summed E-state index contributed by atoms with van der Waals surface area (Å²) in [5.41, 5.74) is 1.10. The van der Waals surface area contributed by atoms with Gasteiger partial charge in [0.25, 0.3) is 5.91 Å². The van der Waals surface area contributed by atoms with Crippen molar-refractivity contribution in [1.82, 2.24) is 10.2 Å².